The van der Waals surface area contributed by atoms with E-state index in [9.17, 15) is 32.4 Å². The SMILES string of the molecule is CC(C)(C)[C@H](NC(=O)N[C@H](CS(=O)(=O)Cc1ccccc1)C(C)(C)C)C(=O)N1C[C@H]2[C@@H]([C@H]1C(=O)NC(CC1CC1)C(=O)C(N)=O)C2(C)C. The summed E-state index contributed by atoms with van der Waals surface area (Å²) in [6.07, 6.45) is 2.12. The average Bonchev–Trinajstić information content (AvgIpc) is 3.81. The number of nitrogens with two attached hydrogens (primary N) is 1. The lowest BCUT2D eigenvalue weighted by molar-refractivity contribution is -0.145. The number of piperidine rings is 1. The third kappa shape index (κ3) is 8.75. The van der Waals surface area contributed by atoms with Crippen molar-refractivity contribution in [1.82, 2.24) is 20.9 Å². The molecule has 5 N–H and O–H groups in total. The Kier molecular flexibility index (Phi) is 10.5. The number of sulfone groups is 1. The number of hydrogen-bond donors (Lipinski definition) is 4. The van der Waals surface area contributed by atoms with Gasteiger partial charge in [-0.05, 0) is 46.0 Å². The Labute approximate surface area is 284 Å². The number of amides is 5. The topological polar surface area (TPSA) is 185 Å². The van der Waals surface area contributed by atoms with Crippen molar-refractivity contribution >= 4 is 39.4 Å². The molecule has 2 aliphatic carbocycles. The van der Waals surface area contributed by atoms with Crippen LogP contribution in [0.3, 0.4) is 0 Å². The van der Waals surface area contributed by atoms with Gasteiger partial charge >= 0.3 is 6.03 Å². The van der Waals surface area contributed by atoms with E-state index in [-0.39, 0.29) is 34.7 Å². The summed E-state index contributed by atoms with van der Waals surface area (Å²) in [5.41, 5.74) is 4.31. The molecule has 1 heterocycles. The van der Waals surface area contributed by atoms with E-state index in [0.29, 0.717) is 18.5 Å². The first-order valence-corrected chi connectivity index (χ1v) is 18.6. The van der Waals surface area contributed by atoms with E-state index in [0.717, 1.165) is 12.8 Å². The van der Waals surface area contributed by atoms with Crippen LogP contribution < -0.4 is 21.7 Å². The molecule has 5 amide bonds. The molecule has 2 saturated carbocycles. The Morgan fingerprint density at radius 2 is 1.54 bits per heavy atom. The Morgan fingerprint density at radius 1 is 0.938 bits per heavy atom. The number of rotatable bonds is 13. The molecule has 1 unspecified atom stereocenters. The smallest absolute Gasteiger partial charge is 0.315 e. The van der Waals surface area contributed by atoms with Crippen LogP contribution in [0, 0.1) is 34.0 Å². The van der Waals surface area contributed by atoms with Crippen LogP contribution in [-0.2, 0) is 34.8 Å². The normalized spacial score (nSPS) is 23.7. The molecule has 0 radical (unpaired) electrons. The van der Waals surface area contributed by atoms with Crippen molar-refractivity contribution in [3.8, 4) is 0 Å². The number of likely N-dealkylation sites (tertiary alicyclic amines) is 1. The number of carbonyl (C=O) groups excluding carboxylic acids is 5. The van der Waals surface area contributed by atoms with Crippen molar-refractivity contribution in [2.75, 3.05) is 12.3 Å². The van der Waals surface area contributed by atoms with E-state index in [1.54, 1.807) is 45.0 Å². The van der Waals surface area contributed by atoms with Gasteiger partial charge in [-0.1, -0.05) is 98.6 Å². The molecular formula is C35H53N5O7S. The maximum Gasteiger partial charge on any atom is 0.315 e. The van der Waals surface area contributed by atoms with Crippen LogP contribution in [0.1, 0.15) is 80.2 Å². The van der Waals surface area contributed by atoms with Gasteiger partial charge in [0, 0.05) is 12.6 Å². The van der Waals surface area contributed by atoms with Crippen LogP contribution in [0.4, 0.5) is 4.79 Å². The fourth-order valence-electron chi connectivity index (χ4n) is 6.96. The molecule has 0 bridgehead atoms. The minimum atomic E-state index is -3.62. The monoisotopic (exact) mass is 687 g/mol. The highest BCUT2D eigenvalue weighted by Gasteiger charge is 2.70. The first kappa shape index (κ1) is 37.3. The molecule has 266 valence electrons. The van der Waals surface area contributed by atoms with Crippen LogP contribution in [0.5, 0.6) is 0 Å². The van der Waals surface area contributed by atoms with Crippen molar-refractivity contribution in [3.63, 3.8) is 0 Å². The van der Waals surface area contributed by atoms with Crippen LogP contribution in [0.2, 0.25) is 0 Å². The summed E-state index contributed by atoms with van der Waals surface area (Å²) in [7, 11) is -3.62. The number of hydrogen-bond acceptors (Lipinski definition) is 7. The van der Waals surface area contributed by atoms with E-state index in [4.69, 9.17) is 5.73 Å². The minimum Gasteiger partial charge on any atom is -0.363 e. The predicted octanol–water partition coefficient (Wildman–Crippen LogP) is 2.55. The van der Waals surface area contributed by atoms with Gasteiger partial charge in [0.15, 0.2) is 9.84 Å². The number of fused-ring (bicyclic) bond motifs is 1. The minimum absolute atomic E-state index is 0.0421. The molecule has 0 spiro atoms. The molecular weight excluding hydrogens is 634 g/mol. The van der Waals surface area contributed by atoms with Gasteiger partial charge < -0.3 is 26.6 Å². The van der Waals surface area contributed by atoms with Crippen LogP contribution >= 0.6 is 0 Å². The quantitative estimate of drug-likeness (QED) is 0.230. The number of primary amides is 1. The summed E-state index contributed by atoms with van der Waals surface area (Å²) < 4.78 is 26.4. The number of ketones is 1. The number of nitrogens with one attached hydrogen (secondary N) is 3. The molecule has 6 atom stereocenters. The van der Waals surface area contributed by atoms with E-state index in [1.165, 1.54) is 4.90 Å². The van der Waals surface area contributed by atoms with E-state index in [2.05, 4.69) is 16.0 Å². The highest BCUT2D eigenvalue weighted by molar-refractivity contribution is 7.90. The van der Waals surface area contributed by atoms with Crippen LogP contribution in [0.15, 0.2) is 30.3 Å². The van der Waals surface area contributed by atoms with Gasteiger partial charge in [-0.15, -0.1) is 0 Å². The molecule has 4 rings (SSSR count). The summed E-state index contributed by atoms with van der Waals surface area (Å²) in [6, 6.07) is 4.34. The third-order valence-corrected chi connectivity index (χ3v) is 11.9. The first-order chi connectivity index (χ1) is 22.0. The fourth-order valence-corrected chi connectivity index (χ4v) is 8.86. The summed E-state index contributed by atoms with van der Waals surface area (Å²) >= 11 is 0. The van der Waals surface area contributed by atoms with Crippen molar-refractivity contribution < 1.29 is 32.4 Å². The molecule has 3 fully saturated rings. The average molecular weight is 688 g/mol. The predicted molar refractivity (Wildman–Crippen MR) is 182 cm³/mol. The number of urea groups is 1. The molecule has 3 aliphatic rings. The van der Waals surface area contributed by atoms with E-state index >= 15 is 0 Å². The summed E-state index contributed by atoms with van der Waals surface area (Å²) in [5.74, 6) is -3.32. The van der Waals surface area contributed by atoms with Gasteiger partial charge in [-0.25, -0.2) is 13.2 Å². The highest BCUT2D eigenvalue weighted by atomic mass is 32.2. The zero-order valence-corrected chi connectivity index (χ0v) is 30.3. The fraction of sp³-hybridized carbons (Fsp3) is 0.686. The van der Waals surface area contributed by atoms with E-state index < -0.39 is 74.4 Å². The van der Waals surface area contributed by atoms with Gasteiger partial charge in [0.25, 0.3) is 5.91 Å². The summed E-state index contributed by atoms with van der Waals surface area (Å²) in [4.78, 5) is 67.6. The number of nitrogens with zero attached hydrogens (tertiary/aromatic N) is 1. The maximum absolute atomic E-state index is 14.3. The van der Waals surface area contributed by atoms with Crippen molar-refractivity contribution in [2.24, 2.45) is 39.7 Å². The zero-order chi connectivity index (χ0) is 36.0. The molecule has 1 aromatic rings. The summed E-state index contributed by atoms with van der Waals surface area (Å²) in [6.45, 7) is 15.3. The third-order valence-electron chi connectivity index (χ3n) is 10.3. The lowest BCUT2D eigenvalue weighted by atomic mass is 9.85. The van der Waals surface area contributed by atoms with E-state index in [1.807, 2.05) is 40.7 Å². The second-order valence-corrected chi connectivity index (χ2v) is 18.8. The lowest BCUT2D eigenvalue weighted by Crippen LogP contribution is -2.62. The van der Waals surface area contributed by atoms with Gasteiger partial charge in [0.1, 0.15) is 12.1 Å². The molecule has 12 nitrogen and oxygen atoms in total. The Morgan fingerprint density at radius 3 is 2.06 bits per heavy atom. The Hall–Kier alpha value is -3.48. The van der Waals surface area contributed by atoms with Gasteiger partial charge in [0.05, 0.1) is 17.5 Å². The number of benzene rings is 1. The second-order valence-electron chi connectivity index (χ2n) is 16.7. The Bertz CT molecular complexity index is 1530. The van der Waals surface area contributed by atoms with Crippen molar-refractivity contribution in [1.29, 1.82) is 0 Å². The van der Waals surface area contributed by atoms with Crippen molar-refractivity contribution in [2.45, 2.75) is 105 Å². The lowest BCUT2D eigenvalue weighted by Gasteiger charge is -2.38. The molecule has 1 aromatic carbocycles. The molecule has 13 heteroatoms. The van der Waals surface area contributed by atoms with Gasteiger partial charge in [-0.2, -0.15) is 0 Å². The van der Waals surface area contributed by atoms with Gasteiger partial charge in [-0.3, -0.25) is 19.2 Å². The molecule has 1 saturated heterocycles. The van der Waals surface area contributed by atoms with Crippen molar-refractivity contribution in [3.05, 3.63) is 35.9 Å². The standard InChI is InChI=1S/C35H53N5O7S/c1-33(2,3)24(19-48(46,47)18-21-12-10-9-11-13-21)38-32(45)39-28(34(4,5)6)31(44)40-17-22-25(35(22,7)8)26(40)30(43)37-23(16-20-14-15-20)27(41)29(36)42/h9-13,20,22-26,28H,14-19H2,1-8H3,(H2,36,42)(H,37,43)(H2,38,39,45)/t22-,23?,24+,25-,26-,28+/m0/s1. The zero-order valence-electron chi connectivity index (χ0n) is 29.5. The number of Topliss-reactive ketones (excluding diaryl/α,β-unsaturated/α-hetero) is 1. The molecule has 48 heavy (non-hydrogen) atoms. The largest absolute Gasteiger partial charge is 0.363 e. The maximum atomic E-state index is 14.3. The Balaban J connectivity index is 1.51. The first-order valence-electron chi connectivity index (χ1n) is 16.8. The molecule has 0 aromatic heterocycles. The van der Waals surface area contributed by atoms with Crippen LogP contribution in [-0.4, -0.2) is 79.3 Å². The summed E-state index contributed by atoms with van der Waals surface area (Å²) in [5, 5.41) is 8.38. The van der Waals surface area contributed by atoms with Crippen LogP contribution in [0.25, 0.3) is 0 Å². The number of carbonyl (C=O) groups is 5. The second kappa shape index (κ2) is 13.4. The van der Waals surface area contributed by atoms with Gasteiger partial charge in [0.2, 0.25) is 17.6 Å². The molecule has 1 aliphatic heterocycles. The highest BCUT2D eigenvalue weighted by Crippen LogP contribution is 2.65.